The van der Waals surface area contributed by atoms with Gasteiger partial charge < -0.3 is 57.0 Å². The molecule has 6 amide bonds. The minimum absolute atomic E-state index is 0.0280. The van der Waals surface area contributed by atoms with Crippen LogP contribution >= 0.6 is 0 Å². The van der Waals surface area contributed by atoms with Crippen LogP contribution in [0.4, 0.5) is 21.0 Å². The van der Waals surface area contributed by atoms with Crippen molar-refractivity contribution < 1.29 is 47.7 Å². The molecule has 0 radical (unpaired) electrons. The number of unbranched alkanes of at least 4 members (excludes halogenated alkanes) is 2. The molecule has 9 N–H and O–H groups in total. The van der Waals surface area contributed by atoms with Crippen molar-refractivity contribution in [2.24, 2.45) is 11.5 Å². The lowest BCUT2D eigenvalue weighted by Crippen LogP contribution is -2.44. The van der Waals surface area contributed by atoms with Crippen LogP contribution in [-0.2, 0) is 32.3 Å². The van der Waals surface area contributed by atoms with Crippen molar-refractivity contribution in [2.75, 3.05) is 37.9 Å². The molecule has 0 fully saturated rings. The number of carbonyl (C=O) groups is 6. The summed E-state index contributed by atoms with van der Waals surface area (Å²) in [5.41, 5.74) is 14.0. The quantitative estimate of drug-likeness (QED) is 0.0490. The summed E-state index contributed by atoms with van der Waals surface area (Å²) in [5.74, 6) is -2.14. The lowest BCUT2D eigenvalue weighted by atomic mass is 10.1. The Bertz CT molecular complexity index is 2090. The van der Waals surface area contributed by atoms with Crippen LogP contribution < -0.4 is 47.5 Å². The van der Waals surface area contributed by atoms with Crippen LogP contribution in [0.1, 0.15) is 70.4 Å². The third-order valence-corrected chi connectivity index (χ3v) is 9.23. The first-order valence-corrected chi connectivity index (χ1v) is 19.7. The van der Waals surface area contributed by atoms with Gasteiger partial charge in [-0.05, 0) is 86.1 Å². The topological polar surface area (TPSA) is 252 Å². The maximum absolute atomic E-state index is 13.8. The second kappa shape index (κ2) is 24.7. The van der Waals surface area contributed by atoms with Gasteiger partial charge in [0.25, 0.3) is 11.8 Å². The van der Waals surface area contributed by atoms with E-state index >= 15 is 0 Å². The zero-order chi connectivity index (χ0) is 44.0. The number of benzene rings is 4. The molecule has 0 aliphatic rings. The predicted octanol–water partition coefficient (Wildman–Crippen LogP) is 5.00. The van der Waals surface area contributed by atoms with Gasteiger partial charge in [0.15, 0.2) is 0 Å². The first-order chi connectivity index (χ1) is 29.5. The minimum atomic E-state index is -1.10. The van der Waals surface area contributed by atoms with Crippen molar-refractivity contribution in [3.05, 3.63) is 119 Å². The molecule has 0 spiro atoms. The second-order valence-electron chi connectivity index (χ2n) is 13.8. The van der Waals surface area contributed by atoms with Gasteiger partial charge in [-0.1, -0.05) is 60.7 Å². The Morgan fingerprint density at radius 2 is 1.07 bits per heavy atom. The molecule has 0 heterocycles. The van der Waals surface area contributed by atoms with Crippen LogP contribution in [0, 0.1) is 0 Å². The van der Waals surface area contributed by atoms with E-state index in [9.17, 15) is 28.8 Å². The molecular weight excluding hydrogens is 787 g/mol. The fourth-order valence-electron chi connectivity index (χ4n) is 5.93. The minimum Gasteiger partial charge on any atom is -0.496 e. The highest BCUT2D eigenvalue weighted by Crippen LogP contribution is 2.25. The zero-order valence-corrected chi connectivity index (χ0v) is 34.2. The average molecular weight is 840 g/mol. The first-order valence-electron chi connectivity index (χ1n) is 19.7. The number of anilines is 2. The van der Waals surface area contributed by atoms with Gasteiger partial charge in [-0.3, -0.25) is 19.2 Å². The van der Waals surface area contributed by atoms with E-state index < -0.39 is 47.9 Å². The van der Waals surface area contributed by atoms with Crippen molar-refractivity contribution >= 4 is 47.2 Å². The fourth-order valence-corrected chi connectivity index (χ4v) is 5.93. The number of methoxy groups -OCH3 is 2. The molecule has 324 valence electrons. The lowest BCUT2D eigenvalue weighted by Gasteiger charge is -2.20. The van der Waals surface area contributed by atoms with Gasteiger partial charge in [-0.15, -0.1) is 0 Å². The summed E-state index contributed by atoms with van der Waals surface area (Å²) >= 11 is 0. The number of alkyl carbamates (subject to hydrolysis) is 2. The summed E-state index contributed by atoms with van der Waals surface area (Å²) in [6.07, 6.45) is 1.28. The smallest absolute Gasteiger partial charge is 0.407 e. The highest BCUT2D eigenvalue weighted by molar-refractivity contribution is 6.04. The number of carbonyl (C=O) groups excluding carboxylic acids is 6. The number of hydrogen-bond donors (Lipinski definition) is 7. The Morgan fingerprint density at radius 1 is 0.590 bits per heavy atom. The maximum Gasteiger partial charge on any atom is 0.407 e. The molecule has 4 aromatic rings. The van der Waals surface area contributed by atoms with Crippen molar-refractivity contribution in [3.8, 4) is 11.5 Å². The van der Waals surface area contributed by atoms with E-state index in [1.807, 2.05) is 60.7 Å². The van der Waals surface area contributed by atoms with E-state index in [0.717, 1.165) is 11.1 Å². The summed E-state index contributed by atoms with van der Waals surface area (Å²) in [5, 5.41) is 13.6. The average Bonchev–Trinajstić information content (AvgIpc) is 3.27. The third-order valence-electron chi connectivity index (χ3n) is 9.23. The van der Waals surface area contributed by atoms with Gasteiger partial charge in [-0.25, -0.2) is 9.59 Å². The van der Waals surface area contributed by atoms with E-state index in [1.165, 1.54) is 44.6 Å². The van der Waals surface area contributed by atoms with Gasteiger partial charge >= 0.3 is 12.2 Å². The lowest BCUT2D eigenvalue weighted by molar-refractivity contribution is -0.118. The number of hydrogen-bond acceptors (Lipinski definition) is 11. The molecule has 0 saturated heterocycles. The molecule has 17 nitrogen and oxygen atoms in total. The Morgan fingerprint density at radius 3 is 1.57 bits per heavy atom. The Hall–Kier alpha value is -7.14. The molecular formula is C44H53N7O10. The molecule has 0 saturated carbocycles. The largest absolute Gasteiger partial charge is 0.496 e. The zero-order valence-electron chi connectivity index (χ0n) is 34.2. The van der Waals surface area contributed by atoms with E-state index in [4.69, 9.17) is 30.4 Å². The Labute approximate surface area is 354 Å². The Kier molecular flexibility index (Phi) is 18.9. The maximum atomic E-state index is 13.8. The van der Waals surface area contributed by atoms with E-state index in [-0.39, 0.29) is 60.2 Å². The summed E-state index contributed by atoms with van der Waals surface area (Å²) in [7, 11) is 2.75. The highest BCUT2D eigenvalue weighted by atomic mass is 16.6. The molecule has 0 aliphatic carbocycles. The fraction of sp³-hybridized carbons (Fsp3) is 0.318. The van der Waals surface area contributed by atoms with Crippen molar-refractivity contribution in [1.29, 1.82) is 0 Å². The molecule has 61 heavy (non-hydrogen) atoms. The summed E-state index contributed by atoms with van der Waals surface area (Å²) in [4.78, 5) is 76.8. The predicted molar refractivity (Wildman–Crippen MR) is 228 cm³/mol. The second-order valence-corrected chi connectivity index (χ2v) is 13.8. The molecule has 4 aromatic carbocycles. The summed E-state index contributed by atoms with van der Waals surface area (Å²) in [6.45, 7) is 0.851. The van der Waals surface area contributed by atoms with Crippen LogP contribution in [0.2, 0.25) is 0 Å². The van der Waals surface area contributed by atoms with E-state index in [0.29, 0.717) is 38.6 Å². The first kappa shape index (κ1) is 46.5. The van der Waals surface area contributed by atoms with Crippen molar-refractivity contribution in [2.45, 2.75) is 63.8 Å². The SMILES string of the molecule is COc1ccc(NC(=O)[C@H](CCCCNC(=O)OCc2ccccc2)NC(=O)c2cc(NC(=O)[C@@H](N)CCCCNC(=O)OCc3ccccc3)ccc2OC)cc1C(N)=O. The van der Waals surface area contributed by atoms with Gasteiger partial charge in [0.05, 0.1) is 31.4 Å². The van der Waals surface area contributed by atoms with E-state index in [1.54, 1.807) is 6.07 Å². The van der Waals surface area contributed by atoms with Crippen LogP contribution in [0.5, 0.6) is 11.5 Å². The Balaban J connectivity index is 1.33. The van der Waals surface area contributed by atoms with Crippen LogP contribution in [0.15, 0.2) is 97.1 Å². The number of rotatable bonds is 23. The van der Waals surface area contributed by atoms with Crippen LogP contribution in [0.25, 0.3) is 0 Å². The molecule has 0 aromatic heterocycles. The van der Waals surface area contributed by atoms with Gasteiger partial charge in [0, 0.05) is 24.5 Å². The van der Waals surface area contributed by atoms with Gasteiger partial charge in [-0.2, -0.15) is 0 Å². The number of ether oxygens (including phenoxy) is 4. The summed E-state index contributed by atoms with van der Waals surface area (Å²) < 4.78 is 21.1. The van der Waals surface area contributed by atoms with Crippen molar-refractivity contribution in [1.82, 2.24) is 16.0 Å². The standard InChI is InChI=1S/C44H53N7O10/c1-58-37-21-19-31(25-33(37)39(46)52)50-42(55)36(18-10-12-24-48-44(57)61-28-30-15-7-4-8-16-30)51-40(53)34-26-32(20-22-38(34)59-2)49-41(54)35(45)17-9-11-23-47-43(56)60-27-29-13-5-3-6-14-29/h3-8,13-16,19-22,25-26,35-36H,9-12,17-18,23-24,27-28,45H2,1-2H3,(H2,46,52)(H,47,56)(H,48,57)(H,49,54)(H,50,55)(H,51,53)/t35-,36-/m0/s1. The highest BCUT2D eigenvalue weighted by Gasteiger charge is 2.25. The number of primary amides is 1. The molecule has 4 rings (SSSR count). The molecule has 0 aliphatic heterocycles. The van der Waals surface area contributed by atoms with E-state index in [2.05, 4.69) is 26.6 Å². The number of nitrogens with two attached hydrogens (primary N) is 2. The normalized spacial score (nSPS) is 11.5. The molecule has 2 atom stereocenters. The molecule has 0 bridgehead atoms. The van der Waals surface area contributed by atoms with Crippen LogP contribution in [-0.4, -0.2) is 75.2 Å². The van der Waals surface area contributed by atoms with Gasteiger partial charge in [0.2, 0.25) is 11.8 Å². The molecule has 17 heteroatoms. The third kappa shape index (κ3) is 15.9. The monoisotopic (exact) mass is 839 g/mol. The number of amides is 6. The van der Waals surface area contributed by atoms with Crippen LogP contribution in [0.3, 0.4) is 0 Å². The number of nitrogens with one attached hydrogen (secondary N) is 5. The van der Waals surface area contributed by atoms with Gasteiger partial charge in [0.1, 0.15) is 30.8 Å². The summed E-state index contributed by atoms with van der Waals surface area (Å²) in [6, 6.07) is 25.4. The molecule has 0 unspecified atom stereocenters. The van der Waals surface area contributed by atoms with Crippen molar-refractivity contribution in [3.63, 3.8) is 0 Å².